The molecule has 2 aromatic heterocycles. The Morgan fingerprint density at radius 3 is 2.83 bits per heavy atom. The van der Waals surface area contributed by atoms with Crippen LogP contribution in [0.4, 0.5) is 5.82 Å². The average molecular weight is 483 g/mol. The van der Waals surface area contributed by atoms with Crippen LogP contribution in [-0.2, 0) is 22.4 Å². The molecule has 1 fully saturated rings. The molecule has 0 saturated heterocycles. The van der Waals surface area contributed by atoms with Crippen LogP contribution in [0, 0.1) is 19.8 Å². The second-order valence-corrected chi connectivity index (χ2v) is 9.68. The largest absolute Gasteiger partial charge is 0.480 e. The number of aryl methyl sites for hydroxylation is 4. The first-order valence-corrected chi connectivity index (χ1v) is 12.4. The fraction of sp³-hybridized carbons (Fsp3) is 0.538. The lowest BCUT2D eigenvalue weighted by Crippen LogP contribution is -2.43. The van der Waals surface area contributed by atoms with Crippen molar-refractivity contribution >= 4 is 17.7 Å². The third-order valence-corrected chi connectivity index (χ3v) is 6.97. The van der Waals surface area contributed by atoms with Crippen LogP contribution >= 0.6 is 0 Å². The van der Waals surface area contributed by atoms with Crippen LogP contribution in [0.3, 0.4) is 0 Å². The Kier molecular flexibility index (Phi) is 7.85. The van der Waals surface area contributed by atoms with E-state index in [9.17, 15) is 19.5 Å². The summed E-state index contributed by atoms with van der Waals surface area (Å²) in [5.41, 5.74) is 3.34. The molecule has 0 aromatic carbocycles. The number of anilines is 1. The molecule has 4 N–H and O–H groups in total. The number of hydrogen-bond donors (Lipinski definition) is 4. The molecule has 1 amide bonds. The number of nitrogens with zero attached hydrogens (tertiary/aromatic N) is 1. The van der Waals surface area contributed by atoms with Crippen molar-refractivity contribution in [3.05, 3.63) is 56.6 Å². The van der Waals surface area contributed by atoms with Gasteiger partial charge in [0.25, 0.3) is 5.91 Å². The Morgan fingerprint density at radius 2 is 2.09 bits per heavy atom. The van der Waals surface area contributed by atoms with Gasteiger partial charge < -0.3 is 25.5 Å². The Bertz CT molecular complexity index is 1110. The highest BCUT2D eigenvalue weighted by Gasteiger charge is 2.30. The van der Waals surface area contributed by atoms with E-state index < -0.39 is 17.9 Å². The van der Waals surface area contributed by atoms with Crippen LogP contribution in [0.2, 0.25) is 0 Å². The molecule has 4 rings (SSSR count). The SMILES string of the molecule is Cc1cc(=O)[nH]c(C)c1C(=O)N[C@@H](CCOC1CC(CCc2ccc3c(n2)NCCC3)C1)C(=O)O. The van der Waals surface area contributed by atoms with Crippen molar-refractivity contribution in [2.45, 2.75) is 70.9 Å². The van der Waals surface area contributed by atoms with Crippen molar-refractivity contribution in [3.8, 4) is 0 Å². The summed E-state index contributed by atoms with van der Waals surface area (Å²) >= 11 is 0. The van der Waals surface area contributed by atoms with E-state index in [1.54, 1.807) is 13.8 Å². The van der Waals surface area contributed by atoms with Gasteiger partial charge >= 0.3 is 5.97 Å². The monoisotopic (exact) mass is 482 g/mol. The van der Waals surface area contributed by atoms with Gasteiger partial charge in [0.05, 0.1) is 11.7 Å². The van der Waals surface area contributed by atoms with Crippen LogP contribution in [0.5, 0.6) is 0 Å². The minimum Gasteiger partial charge on any atom is -0.480 e. The number of nitrogens with one attached hydrogen (secondary N) is 3. The summed E-state index contributed by atoms with van der Waals surface area (Å²) in [6.45, 7) is 4.52. The normalized spacial score (nSPS) is 19.7. The number of aromatic nitrogens is 2. The number of pyridine rings is 2. The van der Waals surface area contributed by atoms with Gasteiger partial charge in [-0.15, -0.1) is 0 Å². The number of carboxylic acids is 1. The molecule has 9 nitrogen and oxygen atoms in total. The number of carboxylic acid groups (broad SMARTS) is 1. The van der Waals surface area contributed by atoms with Gasteiger partial charge in [-0.05, 0) is 75.5 Å². The molecule has 0 unspecified atom stereocenters. The fourth-order valence-corrected chi connectivity index (χ4v) is 4.94. The number of fused-ring (bicyclic) bond motifs is 1. The molecule has 0 bridgehead atoms. The molecule has 0 radical (unpaired) electrons. The lowest BCUT2D eigenvalue weighted by Gasteiger charge is -2.35. The third kappa shape index (κ3) is 6.28. The van der Waals surface area contributed by atoms with Crippen molar-refractivity contribution in [1.82, 2.24) is 15.3 Å². The van der Waals surface area contributed by atoms with Gasteiger partial charge in [-0.2, -0.15) is 0 Å². The Hall–Kier alpha value is -3.20. The van der Waals surface area contributed by atoms with E-state index in [0.717, 1.165) is 56.6 Å². The molecule has 1 saturated carbocycles. The maximum absolute atomic E-state index is 12.6. The summed E-state index contributed by atoms with van der Waals surface area (Å²) in [4.78, 5) is 43.2. The fourth-order valence-electron chi connectivity index (χ4n) is 4.94. The zero-order valence-corrected chi connectivity index (χ0v) is 20.4. The minimum absolute atomic E-state index is 0.131. The minimum atomic E-state index is -1.11. The van der Waals surface area contributed by atoms with Crippen LogP contribution in [0.15, 0.2) is 23.0 Å². The number of ether oxygens (including phenoxy) is 1. The van der Waals surface area contributed by atoms with E-state index in [1.807, 2.05) is 0 Å². The first-order valence-electron chi connectivity index (χ1n) is 12.4. The number of carbonyl (C=O) groups is 2. The van der Waals surface area contributed by atoms with E-state index in [0.29, 0.717) is 22.7 Å². The van der Waals surface area contributed by atoms with Crippen molar-refractivity contribution < 1.29 is 19.4 Å². The summed E-state index contributed by atoms with van der Waals surface area (Å²) < 4.78 is 5.88. The van der Waals surface area contributed by atoms with E-state index in [4.69, 9.17) is 9.72 Å². The average Bonchev–Trinajstić information content (AvgIpc) is 2.78. The van der Waals surface area contributed by atoms with Gasteiger partial charge in [-0.25, -0.2) is 9.78 Å². The maximum Gasteiger partial charge on any atom is 0.326 e. The van der Waals surface area contributed by atoms with Gasteiger partial charge in [0.2, 0.25) is 5.56 Å². The van der Waals surface area contributed by atoms with Gasteiger partial charge in [0.1, 0.15) is 11.9 Å². The Balaban J connectivity index is 1.18. The van der Waals surface area contributed by atoms with E-state index in [1.165, 1.54) is 11.6 Å². The zero-order valence-electron chi connectivity index (χ0n) is 20.4. The quantitative estimate of drug-likeness (QED) is 0.409. The number of amides is 1. The highest BCUT2D eigenvalue weighted by Crippen LogP contribution is 2.34. The van der Waals surface area contributed by atoms with Crippen molar-refractivity contribution in [2.24, 2.45) is 5.92 Å². The number of aliphatic carboxylic acids is 1. The highest BCUT2D eigenvalue weighted by molar-refractivity contribution is 5.98. The molecule has 2 aliphatic rings. The van der Waals surface area contributed by atoms with E-state index in [-0.39, 0.29) is 24.7 Å². The molecule has 35 heavy (non-hydrogen) atoms. The summed E-state index contributed by atoms with van der Waals surface area (Å²) in [5, 5.41) is 15.5. The summed E-state index contributed by atoms with van der Waals surface area (Å²) in [6, 6.07) is 4.59. The van der Waals surface area contributed by atoms with Gasteiger partial charge in [-0.1, -0.05) is 6.07 Å². The molecular formula is C26H34N4O5. The predicted molar refractivity (Wildman–Crippen MR) is 132 cm³/mol. The molecule has 9 heteroatoms. The lowest BCUT2D eigenvalue weighted by molar-refractivity contribution is -0.140. The predicted octanol–water partition coefficient (Wildman–Crippen LogP) is 2.75. The number of hydrogen-bond acceptors (Lipinski definition) is 6. The zero-order chi connectivity index (χ0) is 24.9. The summed E-state index contributed by atoms with van der Waals surface area (Å²) in [7, 11) is 0. The second-order valence-electron chi connectivity index (χ2n) is 9.68. The molecular weight excluding hydrogens is 448 g/mol. The van der Waals surface area contributed by atoms with Crippen LogP contribution in [0.1, 0.15) is 65.0 Å². The van der Waals surface area contributed by atoms with E-state index >= 15 is 0 Å². The number of rotatable bonds is 10. The Labute approximate surface area is 204 Å². The smallest absolute Gasteiger partial charge is 0.326 e. The molecule has 1 aliphatic carbocycles. The van der Waals surface area contributed by atoms with Gasteiger partial charge in [0, 0.05) is 37.0 Å². The second kappa shape index (κ2) is 11.0. The molecule has 1 atom stereocenters. The summed E-state index contributed by atoms with van der Waals surface area (Å²) in [6.07, 6.45) is 6.50. The standard InChI is InChI=1S/C26H34N4O5/c1-15-12-22(31)28-16(2)23(15)25(32)30-21(26(33)34)9-11-35-20-13-17(14-20)5-7-19-8-6-18-4-3-10-27-24(18)29-19/h6,8,12,17,20-21H,3-5,7,9-11,13-14H2,1-2H3,(H,27,29)(H,28,31)(H,30,32)(H,33,34)/t17?,20?,21-/m0/s1. The Morgan fingerprint density at radius 1 is 1.29 bits per heavy atom. The molecule has 2 aromatic rings. The van der Waals surface area contributed by atoms with Crippen molar-refractivity contribution in [2.75, 3.05) is 18.5 Å². The van der Waals surface area contributed by atoms with Crippen LogP contribution in [-0.4, -0.2) is 52.2 Å². The van der Waals surface area contributed by atoms with E-state index in [2.05, 4.69) is 27.8 Å². The molecule has 3 heterocycles. The first-order chi connectivity index (χ1) is 16.8. The van der Waals surface area contributed by atoms with Crippen molar-refractivity contribution in [1.29, 1.82) is 0 Å². The molecule has 188 valence electrons. The molecule has 1 aliphatic heterocycles. The third-order valence-electron chi connectivity index (χ3n) is 6.97. The van der Waals surface area contributed by atoms with Crippen LogP contribution in [0.25, 0.3) is 0 Å². The maximum atomic E-state index is 12.6. The van der Waals surface area contributed by atoms with Gasteiger partial charge in [-0.3, -0.25) is 9.59 Å². The number of aromatic amines is 1. The topological polar surface area (TPSA) is 133 Å². The van der Waals surface area contributed by atoms with Gasteiger partial charge in [0.15, 0.2) is 0 Å². The van der Waals surface area contributed by atoms with Crippen molar-refractivity contribution in [3.63, 3.8) is 0 Å². The lowest BCUT2D eigenvalue weighted by atomic mass is 9.79. The highest BCUT2D eigenvalue weighted by atomic mass is 16.5. The number of carbonyl (C=O) groups excluding carboxylic acids is 1. The van der Waals surface area contributed by atoms with Crippen LogP contribution < -0.4 is 16.2 Å². The first kappa shape index (κ1) is 24.9. The number of H-pyrrole nitrogens is 1. The summed E-state index contributed by atoms with van der Waals surface area (Å²) in [5.74, 6) is 0.0000191. The molecule has 0 spiro atoms.